The summed E-state index contributed by atoms with van der Waals surface area (Å²) in [7, 11) is 1.84. The smallest absolute Gasteiger partial charge is 0.237 e. The van der Waals surface area contributed by atoms with Crippen molar-refractivity contribution in [2.75, 3.05) is 10.6 Å². The fourth-order valence-corrected chi connectivity index (χ4v) is 3.99. The van der Waals surface area contributed by atoms with Crippen molar-refractivity contribution >= 4 is 40.7 Å². The van der Waals surface area contributed by atoms with Crippen LogP contribution in [-0.4, -0.2) is 37.6 Å². The monoisotopic (exact) mass is 451 g/mol. The van der Waals surface area contributed by atoms with Crippen molar-refractivity contribution in [1.82, 2.24) is 14.8 Å². The molecule has 2 aromatic carbocycles. The number of carbonyl (C=O) groups excluding carboxylic acids is 3. The van der Waals surface area contributed by atoms with Crippen LogP contribution in [0.4, 0.5) is 11.4 Å². The van der Waals surface area contributed by atoms with Gasteiger partial charge >= 0.3 is 0 Å². The first-order chi connectivity index (χ1) is 15.3. The standard InChI is InChI=1S/C23H25N5O3S/c1-5-20(22(31)25-18-11-9-16(10-12-18)14(2)29)32-23-27-26-21(28(23)4)17-7-6-8-19(13-17)24-15(3)30/h6-13,20H,5H2,1-4H3,(H,24,30)(H,25,31). The summed E-state index contributed by atoms with van der Waals surface area (Å²) >= 11 is 1.33. The highest BCUT2D eigenvalue weighted by atomic mass is 32.2. The lowest BCUT2D eigenvalue weighted by molar-refractivity contribution is -0.116. The van der Waals surface area contributed by atoms with Crippen LogP contribution in [0.3, 0.4) is 0 Å². The van der Waals surface area contributed by atoms with E-state index in [2.05, 4.69) is 20.8 Å². The molecule has 0 fully saturated rings. The van der Waals surface area contributed by atoms with Crippen molar-refractivity contribution in [2.24, 2.45) is 7.05 Å². The zero-order chi connectivity index (χ0) is 23.3. The molecule has 0 radical (unpaired) electrons. The average molecular weight is 452 g/mol. The van der Waals surface area contributed by atoms with Crippen molar-refractivity contribution in [1.29, 1.82) is 0 Å². The van der Waals surface area contributed by atoms with E-state index in [1.165, 1.54) is 25.6 Å². The Labute approximate surface area is 190 Å². The first-order valence-electron chi connectivity index (χ1n) is 10.1. The molecular weight excluding hydrogens is 426 g/mol. The fraction of sp³-hybridized carbons (Fsp3) is 0.261. The van der Waals surface area contributed by atoms with Crippen LogP contribution in [0.15, 0.2) is 53.7 Å². The molecule has 0 aliphatic rings. The Kier molecular flexibility index (Phi) is 7.42. The molecule has 3 rings (SSSR count). The summed E-state index contributed by atoms with van der Waals surface area (Å²) in [6.45, 7) is 4.89. The maximum atomic E-state index is 12.8. The number of Topliss-reactive ketones (excluding diaryl/α,β-unsaturated/α-hetero) is 1. The maximum absolute atomic E-state index is 12.8. The molecule has 0 saturated carbocycles. The van der Waals surface area contributed by atoms with Crippen LogP contribution in [0, 0.1) is 0 Å². The van der Waals surface area contributed by atoms with Crippen LogP contribution in [-0.2, 0) is 16.6 Å². The molecule has 0 bridgehead atoms. The molecule has 1 unspecified atom stereocenters. The highest BCUT2D eigenvalue weighted by Crippen LogP contribution is 2.29. The normalized spacial score (nSPS) is 11.6. The lowest BCUT2D eigenvalue weighted by atomic mass is 10.1. The van der Waals surface area contributed by atoms with Gasteiger partial charge in [0.05, 0.1) is 5.25 Å². The number of rotatable bonds is 8. The van der Waals surface area contributed by atoms with E-state index >= 15 is 0 Å². The Morgan fingerprint density at radius 2 is 1.72 bits per heavy atom. The fourth-order valence-electron chi connectivity index (χ4n) is 3.07. The van der Waals surface area contributed by atoms with Gasteiger partial charge < -0.3 is 15.2 Å². The van der Waals surface area contributed by atoms with Gasteiger partial charge in [-0.3, -0.25) is 14.4 Å². The lowest BCUT2D eigenvalue weighted by Gasteiger charge is -2.14. The maximum Gasteiger partial charge on any atom is 0.237 e. The van der Waals surface area contributed by atoms with Gasteiger partial charge in [0, 0.05) is 36.5 Å². The van der Waals surface area contributed by atoms with Gasteiger partial charge in [-0.2, -0.15) is 0 Å². The van der Waals surface area contributed by atoms with Crippen molar-refractivity contribution in [2.45, 2.75) is 37.6 Å². The third-order valence-electron chi connectivity index (χ3n) is 4.75. The molecule has 8 nitrogen and oxygen atoms in total. The number of hydrogen-bond donors (Lipinski definition) is 2. The van der Waals surface area contributed by atoms with E-state index in [9.17, 15) is 14.4 Å². The van der Waals surface area contributed by atoms with Crippen molar-refractivity contribution < 1.29 is 14.4 Å². The molecule has 0 aliphatic carbocycles. The average Bonchev–Trinajstić information content (AvgIpc) is 3.12. The molecular formula is C23H25N5O3S. The number of ketones is 1. The number of nitrogens with zero attached hydrogens (tertiary/aromatic N) is 3. The van der Waals surface area contributed by atoms with Gasteiger partial charge in [-0.15, -0.1) is 10.2 Å². The van der Waals surface area contributed by atoms with Gasteiger partial charge in [0.15, 0.2) is 16.8 Å². The van der Waals surface area contributed by atoms with Crippen LogP contribution < -0.4 is 10.6 Å². The van der Waals surface area contributed by atoms with Gasteiger partial charge in [-0.1, -0.05) is 30.8 Å². The van der Waals surface area contributed by atoms with E-state index in [1.807, 2.05) is 36.7 Å². The SMILES string of the molecule is CCC(Sc1nnc(-c2cccc(NC(C)=O)c2)n1C)C(=O)Nc1ccc(C(C)=O)cc1. The van der Waals surface area contributed by atoms with E-state index in [1.54, 1.807) is 30.3 Å². The molecule has 9 heteroatoms. The summed E-state index contributed by atoms with van der Waals surface area (Å²) in [6, 6.07) is 14.2. The van der Waals surface area contributed by atoms with Gasteiger partial charge in [0.1, 0.15) is 0 Å². The van der Waals surface area contributed by atoms with Crippen LogP contribution in [0.2, 0.25) is 0 Å². The Balaban J connectivity index is 1.73. The lowest BCUT2D eigenvalue weighted by Crippen LogP contribution is -2.25. The number of nitrogens with one attached hydrogen (secondary N) is 2. The summed E-state index contributed by atoms with van der Waals surface area (Å²) in [5.41, 5.74) is 2.71. The summed E-state index contributed by atoms with van der Waals surface area (Å²) in [5, 5.41) is 14.4. The van der Waals surface area contributed by atoms with E-state index in [0.717, 1.165) is 5.56 Å². The van der Waals surface area contributed by atoms with Crippen LogP contribution in [0.25, 0.3) is 11.4 Å². The van der Waals surface area contributed by atoms with E-state index < -0.39 is 0 Å². The number of amides is 2. The van der Waals surface area contributed by atoms with Crippen molar-refractivity contribution in [3.8, 4) is 11.4 Å². The van der Waals surface area contributed by atoms with Crippen molar-refractivity contribution in [3.63, 3.8) is 0 Å². The quantitative estimate of drug-likeness (QED) is 0.394. The molecule has 3 aromatic rings. The number of thioether (sulfide) groups is 1. The Morgan fingerprint density at radius 1 is 1.00 bits per heavy atom. The first kappa shape index (κ1) is 23.2. The second kappa shape index (κ2) is 10.2. The van der Waals surface area contributed by atoms with Crippen LogP contribution in [0.5, 0.6) is 0 Å². The molecule has 1 atom stereocenters. The molecule has 166 valence electrons. The Hall–Kier alpha value is -3.46. The topological polar surface area (TPSA) is 106 Å². The minimum Gasteiger partial charge on any atom is -0.326 e. The molecule has 0 aliphatic heterocycles. The third kappa shape index (κ3) is 5.61. The summed E-state index contributed by atoms with van der Waals surface area (Å²) in [4.78, 5) is 35.5. The number of aromatic nitrogens is 3. The second-order valence-corrected chi connectivity index (χ2v) is 8.43. The third-order valence-corrected chi connectivity index (χ3v) is 6.14. The highest BCUT2D eigenvalue weighted by Gasteiger charge is 2.22. The molecule has 1 heterocycles. The van der Waals surface area contributed by atoms with Crippen LogP contribution in [0.1, 0.15) is 37.6 Å². The second-order valence-electron chi connectivity index (χ2n) is 7.26. The minimum absolute atomic E-state index is 0.0226. The molecule has 1 aromatic heterocycles. The largest absolute Gasteiger partial charge is 0.326 e. The summed E-state index contributed by atoms with van der Waals surface area (Å²) < 4.78 is 1.83. The van der Waals surface area contributed by atoms with Crippen LogP contribution >= 0.6 is 11.8 Å². The van der Waals surface area contributed by atoms with Gasteiger partial charge in [0.2, 0.25) is 11.8 Å². The molecule has 32 heavy (non-hydrogen) atoms. The highest BCUT2D eigenvalue weighted by molar-refractivity contribution is 8.00. The minimum atomic E-state index is -0.371. The zero-order valence-electron chi connectivity index (χ0n) is 18.4. The molecule has 0 saturated heterocycles. The number of hydrogen-bond acceptors (Lipinski definition) is 6. The van der Waals surface area contributed by atoms with Gasteiger partial charge in [-0.05, 0) is 49.7 Å². The van der Waals surface area contributed by atoms with E-state index in [-0.39, 0.29) is 22.8 Å². The molecule has 0 spiro atoms. The number of carbonyl (C=O) groups is 3. The van der Waals surface area contributed by atoms with E-state index in [0.29, 0.717) is 34.3 Å². The van der Waals surface area contributed by atoms with Gasteiger partial charge in [-0.25, -0.2) is 0 Å². The summed E-state index contributed by atoms with van der Waals surface area (Å²) in [5.74, 6) is 0.315. The summed E-state index contributed by atoms with van der Waals surface area (Å²) in [6.07, 6.45) is 0.599. The zero-order valence-corrected chi connectivity index (χ0v) is 19.2. The molecule has 2 amide bonds. The first-order valence-corrected chi connectivity index (χ1v) is 11.0. The predicted molar refractivity (Wildman–Crippen MR) is 126 cm³/mol. The number of benzene rings is 2. The van der Waals surface area contributed by atoms with Crippen molar-refractivity contribution in [3.05, 3.63) is 54.1 Å². The van der Waals surface area contributed by atoms with Gasteiger partial charge in [0.25, 0.3) is 0 Å². The Morgan fingerprint density at radius 3 is 2.34 bits per heavy atom. The predicted octanol–water partition coefficient (Wildman–Crippen LogP) is 4.15. The Bertz CT molecular complexity index is 1140. The van der Waals surface area contributed by atoms with E-state index in [4.69, 9.17) is 0 Å². The molecule has 2 N–H and O–H groups in total. The number of anilines is 2.